The predicted octanol–water partition coefficient (Wildman–Crippen LogP) is 1.85. The maximum atomic E-state index is 12.2. The van der Waals surface area contributed by atoms with Crippen LogP contribution in [0.3, 0.4) is 0 Å². The van der Waals surface area contributed by atoms with Gasteiger partial charge < -0.3 is 20.1 Å². The minimum atomic E-state index is -0.377. The second-order valence-electron chi connectivity index (χ2n) is 7.14. The number of piperidine rings is 1. The molecule has 7 nitrogen and oxygen atoms in total. The number of carbonyl (C=O) groups excluding carboxylic acids is 2. The molecule has 0 atom stereocenters. The Labute approximate surface area is 148 Å². The number of aryl methyl sites for hydroxylation is 2. The van der Waals surface area contributed by atoms with Gasteiger partial charge in [-0.3, -0.25) is 9.59 Å². The zero-order chi connectivity index (χ0) is 18.6. The van der Waals surface area contributed by atoms with E-state index in [0.717, 1.165) is 18.4 Å². The van der Waals surface area contributed by atoms with E-state index in [1.165, 1.54) is 4.57 Å². The van der Waals surface area contributed by atoms with Gasteiger partial charge in [-0.15, -0.1) is 0 Å². The number of rotatable bonds is 4. The van der Waals surface area contributed by atoms with Crippen molar-refractivity contribution in [2.75, 3.05) is 18.4 Å². The Kier molecular flexibility index (Phi) is 6.22. The Bertz CT molecular complexity index is 688. The summed E-state index contributed by atoms with van der Waals surface area (Å²) in [5.41, 5.74) is 0.795. The van der Waals surface area contributed by atoms with Gasteiger partial charge in [-0.2, -0.15) is 0 Å². The number of carbonyl (C=O) groups is 2. The molecule has 0 spiro atoms. The zero-order valence-electron chi connectivity index (χ0n) is 15.5. The lowest BCUT2D eigenvalue weighted by Crippen LogP contribution is -2.48. The molecule has 1 saturated heterocycles. The van der Waals surface area contributed by atoms with Crippen molar-refractivity contribution in [1.82, 2.24) is 14.8 Å². The van der Waals surface area contributed by atoms with Crippen LogP contribution in [0.15, 0.2) is 17.1 Å². The number of likely N-dealkylation sites (tertiary alicyclic amines) is 1. The van der Waals surface area contributed by atoms with E-state index >= 15 is 0 Å². The number of nitrogens with one attached hydrogen (secondary N) is 2. The SMILES string of the molecule is Cc1ccn(C)c(=O)c1NC(=O)NC1CCN(C(=O)CC(C)C)CC1. The molecule has 1 fully saturated rings. The van der Waals surface area contributed by atoms with Crippen molar-refractivity contribution in [3.63, 3.8) is 0 Å². The van der Waals surface area contributed by atoms with Crippen LogP contribution in [0.1, 0.15) is 38.7 Å². The summed E-state index contributed by atoms with van der Waals surface area (Å²) in [6.07, 6.45) is 3.69. The molecule has 0 saturated carbocycles. The van der Waals surface area contributed by atoms with E-state index in [0.29, 0.717) is 31.1 Å². The maximum Gasteiger partial charge on any atom is 0.319 e. The summed E-state index contributed by atoms with van der Waals surface area (Å²) >= 11 is 0. The molecule has 0 radical (unpaired) electrons. The molecular weight excluding hydrogens is 320 g/mol. The van der Waals surface area contributed by atoms with Crippen LogP contribution in [0.4, 0.5) is 10.5 Å². The van der Waals surface area contributed by atoms with E-state index in [4.69, 9.17) is 0 Å². The van der Waals surface area contributed by atoms with Crippen LogP contribution in [0.5, 0.6) is 0 Å². The van der Waals surface area contributed by atoms with Crippen LogP contribution < -0.4 is 16.2 Å². The normalized spacial score (nSPS) is 15.3. The van der Waals surface area contributed by atoms with Crippen LogP contribution in [-0.4, -0.2) is 40.5 Å². The van der Waals surface area contributed by atoms with Crippen LogP contribution in [0, 0.1) is 12.8 Å². The Morgan fingerprint density at radius 1 is 1.28 bits per heavy atom. The van der Waals surface area contributed by atoms with E-state index in [1.54, 1.807) is 26.2 Å². The van der Waals surface area contributed by atoms with E-state index in [1.807, 2.05) is 18.7 Å². The lowest BCUT2D eigenvalue weighted by molar-refractivity contribution is -0.133. The van der Waals surface area contributed by atoms with Crippen molar-refractivity contribution in [1.29, 1.82) is 0 Å². The first-order valence-electron chi connectivity index (χ1n) is 8.79. The first kappa shape index (κ1) is 19.0. The van der Waals surface area contributed by atoms with Gasteiger partial charge in [-0.05, 0) is 37.3 Å². The fourth-order valence-corrected chi connectivity index (χ4v) is 2.96. The van der Waals surface area contributed by atoms with Crippen molar-refractivity contribution < 1.29 is 9.59 Å². The summed E-state index contributed by atoms with van der Waals surface area (Å²) in [6.45, 7) is 7.17. The molecule has 2 heterocycles. The van der Waals surface area contributed by atoms with Gasteiger partial charge in [-0.1, -0.05) is 13.8 Å². The second-order valence-corrected chi connectivity index (χ2v) is 7.14. The number of pyridine rings is 1. The Morgan fingerprint density at radius 3 is 2.52 bits per heavy atom. The molecule has 2 N–H and O–H groups in total. The standard InChI is InChI=1S/C18H28N4O3/c1-12(2)11-15(23)22-9-6-14(7-10-22)19-18(25)20-16-13(3)5-8-21(4)17(16)24/h5,8,12,14H,6-7,9-11H2,1-4H3,(H2,19,20,25). The molecule has 1 aliphatic rings. The van der Waals surface area contributed by atoms with Crippen LogP contribution >= 0.6 is 0 Å². The highest BCUT2D eigenvalue weighted by atomic mass is 16.2. The third-order valence-electron chi connectivity index (χ3n) is 4.48. The van der Waals surface area contributed by atoms with Crippen LogP contribution in [-0.2, 0) is 11.8 Å². The lowest BCUT2D eigenvalue weighted by Gasteiger charge is -2.32. The summed E-state index contributed by atoms with van der Waals surface area (Å²) in [4.78, 5) is 38.2. The monoisotopic (exact) mass is 348 g/mol. The highest BCUT2D eigenvalue weighted by Gasteiger charge is 2.24. The summed E-state index contributed by atoms with van der Waals surface area (Å²) in [5, 5.41) is 5.57. The molecular formula is C18H28N4O3. The third-order valence-corrected chi connectivity index (χ3v) is 4.48. The Hall–Kier alpha value is -2.31. The molecule has 0 aliphatic carbocycles. The molecule has 0 bridgehead atoms. The molecule has 7 heteroatoms. The lowest BCUT2D eigenvalue weighted by atomic mass is 10.0. The van der Waals surface area contributed by atoms with E-state index in [9.17, 15) is 14.4 Å². The van der Waals surface area contributed by atoms with Crippen molar-refractivity contribution in [2.45, 2.75) is 46.1 Å². The van der Waals surface area contributed by atoms with Gasteiger partial charge in [-0.25, -0.2) is 4.79 Å². The first-order chi connectivity index (χ1) is 11.8. The van der Waals surface area contributed by atoms with Gasteiger partial charge in [0.25, 0.3) is 5.56 Å². The predicted molar refractivity (Wildman–Crippen MR) is 97.6 cm³/mol. The van der Waals surface area contributed by atoms with Gasteiger partial charge >= 0.3 is 6.03 Å². The van der Waals surface area contributed by atoms with Gasteiger partial charge in [0.1, 0.15) is 5.69 Å². The minimum Gasteiger partial charge on any atom is -0.343 e. The number of nitrogens with zero attached hydrogens (tertiary/aromatic N) is 2. The number of urea groups is 1. The molecule has 1 aromatic rings. The zero-order valence-corrected chi connectivity index (χ0v) is 15.5. The molecule has 0 aromatic carbocycles. The minimum absolute atomic E-state index is 0.0102. The largest absolute Gasteiger partial charge is 0.343 e. The first-order valence-corrected chi connectivity index (χ1v) is 8.79. The quantitative estimate of drug-likeness (QED) is 0.871. The fourth-order valence-electron chi connectivity index (χ4n) is 2.96. The van der Waals surface area contributed by atoms with Gasteiger partial charge in [0.05, 0.1) is 0 Å². The molecule has 2 rings (SSSR count). The number of anilines is 1. The number of amides is 3. The summed E-state index contributed by atoms with van der Waals surface area (Å²) in [6, 6.07) is 1.42. The van der Waals surface area contributed by atoms with E-state index in [2.05, 4.69) is 10.6 Å². The topological polar surface area (TPSA) is 83.4 Å². The average molecular weight is 348 g/mol. The Morgan fingerprint density at radius 2 is 1.92 bits per heavy atom. The van der Waals surface area contributed by atoms with E-state index < -0.39 is 0 Å². The molecule has 1 aliphatic heterocycles. The molecule has 1 aromatic heterocycles. The molecule has 25 heavy (non-hydrogen) atoms. The smallest absolute Gasteiger partial charge is 0.319 e. The number of hydrogen-bond donors (Lipinski definition) is 2. The molecule has 3 amide bonds. The van der Waals surface area contributed by atoms with Crippen LogP contribution in [0.2, 0.25) is 0 Å². The van der Waals surface area contributed by atoms with Gasteiger partial charge in [0.2, 0.25) is 5.91 Å². The molecule has 138 valence electrons. The summed E-state index contributed by atoms with van der Waals surface area (Å²) in [5.74, 6) is 0.534. The number of hydrogen-bond acceptors (Lipinski definition) is 3. The van der Waals surface area contributed by atoms with Crippen LogP contribution in [0.25, 0.3) is 0 Å². The van der Waals surface area contributed by atoms with E-state index in [-0.39, 0.29) is 23.5 Å². The Balaban J connectivity index is 1.86. The summed E-state index contributed by atoms with van der Waals surface area (Å²) < 4.78 is 1.43. The van der Waals surface area contributed by atoms with Crippen molar-refractivity contribution in [2.24, 2.45) is 13.0 Å². The average Bonchev–Trinajstić information content (AvgIpc) is 2.55. The maximum absolute atomic E-state index is 12.2. The third kappa shape index (κ3) is 5.08. The van der Waals surface area contributed by atoms with Crippen molar-refractivity contribution >= 4 is 17.6 Å². The van der Waals surface area contributed by atoms with Crippen molar-refractivity contribution in [3.05, 3.63) is 28.2 Å². The van der Waals surface area contributed by atoms with Gasteiger partial charge in [0.15, 0.2) is 0 Å². The van der Waals surface area contributed by atoms with Gasteiger partial charge in [0, 0.05) is 38.8 Å². The fraction of sp³-hybridized carbons (Fsp3) is 0.611. The second kappa shape index (κ2) is 8.18. The number of aromatic nitrogens is 1. The summed E-state index contributed by atoms with van der Waals surface area (Å²) in [7, 11) is 1.65. The molecule has 0 unspecified atom stereocenters. The highest BCUT2D eigenvalue weighted by molar-refractivity contribution is 5.90. The highest BCUT2D eigenvalue weighted by Crippen LogP contribution is 2.14. The van der Waals surface area contributed by atoms with Crippen molar-refractivity contribution in [3.8, 4) is 0 Å².